The number of halogens is 1. The van der Waals surface area contributed by atoms with Crippen LogP contribution in [0.25, 0.3) is 0 Å². The number of rotatable bonds is 2. The zero-order valence-electron chi connectivity index (χ0n) is 13.5. The Kier molecular flexibility index (Phi) is 5.14. The van der Waals surface area contributed by atoms with E-state index in [2.05, 4.69) is 15.8 Å². The number of hydrogen-bond donors (Lipinski definition) is 2. The molecular weight excluding hydrogens is 341 g/mol. The second-order valence-electron chi connectivity index (χ2n) is 5.53. The standard InChI is InChI=1S/C18H16FN3O2S/c1-11-5-7-12(8-6-11)20-17(23)18(24)22-21-15-9-10-25-16-13(15)3-2-4-14(16)19/h2-8H,9-10H2,1H3,(H,20,23)(H,22,24). The molecule has 2 aromatic rings. The Balaban J connectivity index is 1.68. The van der Waals surface area contributed by atoms with Gasteiger partial charge in [0, 0.05) is 23.4 Å². The number of nitrogens with one attached hydrogen (secondary N) is 2. The van der Waals surface area contributed by atoms with E-state index in [0.717, 1.165) is 5.56 Å². The highest BCUT2D eigenvalue weighted by Crippen LogP contribution is 2.32. The van der Waals surface area contributed by atoms with Crippen LogP contribution in [0, 0.1) is 12.7 Å². The van der Waals surface area contributed by atoms with E-state index < -0.39 is 11.8 Å². The summed E-state index contributed by atoms with van der Waals surface area (Å²) in [4.78, 5) is 24.4. The van der Waals surface area contributed by atoms with Gasteiger partial charge in [-0.25, -0.2) is 9.82 Å². The number of fused-ring (bicyclic) bond motifs is 1. The van der Waals surface area contributed by atoms with Gasteiger partial charge in [-0.1, -0.05) is 29.8 Å². The number of hydrazone groups is 1. The second kappa shape index (κ2) is 7.48. The lowest BCUT2D eigenvalue weighted by atomic mass is 10.1. The van der Waals surface area contributed by atoms with Gasteiger partial charge < -0.3 is 5.32 Å². The topological polar surface area (TPSA) is 70.6 Å². The van der Waals surface area contributed by atoms with Gasteiger partial charge in [-0.05, 0) is 25.1 Å². The highest BCUT2D eigenvalue weighted by molar-refractivity contribution is 7.99. The molecule has 1 aliphatic heterocycles. The molecule has 2 aromatic carbocycles. The smallest absolute Gasteiger partial charge is 0.318 e. The van der Waals surface area contributed by atoms with E-state index in [-0.39, 0.29) is 5.82 Å². The van der Waals surface area contributed by atoms with Crippen LogP contribution in [0.4, 0.5) is 10.1 Å². The van der Waals surface area contributed by atoms with Gasteiger partial charge in [-0.15, -0.1) is 11.8 Å². The first-order chi connectivity index (χ1) is 12.0. The number of carbonyl (C=O) groups is 2. The number of aryl methyl sites for hydroxylation is 1. The van der Waals surface area contributed by atoms with E-state index in [9.17, 15) is 14.0 Å². The molecule has 7 heteroatoms. The van der Waals surface area contributed by atoms with Crippen LogP contribution < -0.4 is 10.7 Å². The van der Waals surface area contributed by atoms with Crippen molar-refractivity contribution >= 4 is 35.0 Å². The van der Waals surface area contributed by atoms with Crippen LogP contribution in [0.15, 0.2) is 52.5 Å². The first kappa shape index (κ1) is 17.2. The molecule has 0 atom stereocenters. The van der Waals surface area contributed by atoms with Gasteiger partial charge in [0.25, 0.3) is 0 Å². The average Bonchev–Trinajstić information content (AvgIpc) is 2.62. The van der Waals surface area contributed by atoms with Crippen molar-refractivity contribution in [1.82, 2.24) is 5.43 Å². The maximum absolute atomic E-state index is 13.8. The Morgan fingerprint density at radius 1 is 1.12 bits per heavy atom. The fourth-order valence-corrected chi connectivity index (χ4v) is 3.42. The number of hydrogen-bond acceptors (Lipinski definition) is 4. The maximum atomic E-state index is 13.8. The van der Waals surface area contributed by atoms with Crippen LogP contribution in [-0.2, 0) is 9.59 Å². The van der Waals surface area contributed by atoms with Crippen molar-refractivity contribution in [3.63, 3.8) is 0 Å². The summed E-state index contributed by atoms with van der Waals surface area (Å²) >= 11 is 1.41. The zero-order valence-corrected chi connectivity index (χ0v) is 14.3. The third-order valence-electron chi connectivity index (χ3n) is 3.67. The van der Waals surface area contributed by atoms with E-state index in [4.69, 9.17) is 0 Å². The van der Waals surface area contributed by atoms with E-state index in [1.54, 1.807) is 24.3 Å². The Morgan fingerprint density at radius 3 is 2.64 bits per heavy atom. The van der Waals surface area contributed by atoms with Gasteiger partial charge >= 0.3 is 11.8 Å². The van der Waals surface area contributed by atoms with Gasteiger partial charge in [0.2, 0.25) is 0 Å². The highest BCUT2D eigenvalue weighted by Gasteiger charge is 2.20. The van der Waals surface area contributed by atoms with Crippen molar-refractivity contribution in [2.75, 3.05) is 11.1 Å². The molecule has 0 unspecified atom stereocenters. The number of thioether (sulfide) groups is 1. The average molecular weight is 357 g/mol. The van der Waals surface area contributed by atoms with Crippen LogP contribution >= 0.6 is 11.8 Å². The third-order valence-corrected chi connectivity index (χ3v) is 4.78. The van der Waals surface area contributed by atoms with Crippen molar-refractivity contribution in [3.8, 4) is 0 Å². The third kappa shape index (κ3) is 4.06. The summed E-state index contributed by atoms with van der Waals surface area (Å²) in [6, 6.07) is 11.8. The lowest BCUT2D eigenvalue weighted by Crippen LogP contribution is -2.33. The molecule has 0 saturated carbocycles. The number of benzene rings is 2. The number of anilines is 1. The summed E-state index contributed by atoms with van der Waals surface area (Å²) < 4.78 is 13.8. The molecule has 3 rings (SSSR count). The van der Waals surface area contributed by atoms with Crippen LogP contribution in [0.3, 0.4) is 0 Å². The molecule has 0 aliphatic carbocycles. The van der Waals surface area contributed by atoms with Crippen molar-refractivity contribution < 1.29 is 14.0 Å². The molecule has 2 N–H and O–H groups in total. The van der Waals surface area contributed by atoms with Crippen LogP contribution in [0.1, 0.15) is 17.5 Å². The first-order valence-corrected chi connectivity index (χ1v) is 8.69. The minimum Gasteiger partial charge on any atom is -0.318 e. The monoisotopic (exact) mass is 357 g/mol. The molecule has 0 radical (unpaired) electrons. The summed E-state index contributed by atoms with van der Waals surface area (Å²) in [6.07, 6.45) is 0.584. The summed E-state index contributed by atoms with van der Waals surface area (Å²) in [7, 11) is 0. The highest BCUT2D eigenvalue weighted by atomic mass is 32.2. The molecule has 5 nitrogen and oxygen atoms in total. The molecule has 2 amide bonds. The quantitative estimate of drug-likeness (QED) is 0.641. The Morgan fingerprint density at radius 2 is 1.88 bits per heavy atom. The normalized spacial score (nSPS) is 14.7. The van der Waals surface area contributed by atoms with E-state index in [1.807, 2.05) is 19.1 Å². The molecule has 25 heavy (non-hydrogen) atoms. The lowest BCUT2D eigenvalue weighted by Gasteiger charge is -2.17. The van der Waals surface area contributed by atoms with Gasteiger partial charge in [0.1, 0.15) is 5.82 Å². The van der Waals surface area contributed by atoms with Gasteiger partial charge in [-0.3, -0.25) is 9.59 Å². The fraction of sp³-hybridized carbons (Fsp3) is 0.167. The van der Waals surface area contributed by atoms with Gasteiger partial charge in [0.05, 0.1) is 10.6 Å². The van der Waals surface area contributed by atoms with E-state index in [0.29, 0.717) is 34.0 Å². The molecule has 0 bridgehead atoms. The molecule has 0 spiro atoms. The predicted molar refractivity (Wildman–Crippen MR) is 96.2 cm³/mol. The summed E-state index contributed by atoms with van der Waals surface area (Å²) in [5.41, 5.74) is 5.04. The summed E-state index contributed by atoms with van der Waals surface area (Å²) in [5, 5.41) is 6.52. The fourth-order valence-electron chi connectivity index (χ4n) is 2.38. The van der Waals surface area contributed by atoms with Crippen molar-refractivity contribution in [3.05, 3.63) is 59.4 Å². The Bertz CT molecular complexity index is 850. The molecule has 0 aromatic heterocycles. The van der Waals surface area contributed by atoms with Crippen molar-refractivity contribution in [2.45, 2.75) is 18.2 Å². The number of amides is 2. The minimum atomic E-state index is -0.871. The van der Waals surface area contributed by atoms with E-state index in [1.165, 1.54) is 17.8 Å². The molecule has 128 valence electrons. The largest absolute Gasteiger partial charge is 0.329 e. The maximum Gasteiger partial charge on any atom is 0.329 e. The first-order valence-electron chi connectivity index (χ1n) is 7.71. The zero-order chi connectivity index (χ0) is 17.8. The van der Waals surface area contributed by atoms with Crippen LogP contribution in [0.5, 0.6) is 0 Å². The minimum absolute atomic E-state index is 0.307. The van der Waals surface area contributed by atoms with E-state index >= 15 is 0 Å². The molecule has 1 aliphatic rings. The Labute approximate surface area is 148 Å². The van der Waals surface area contributed by atoms with Crippen molar-refractivity contribution in [2.24, 2.45) is 5.10 Å². The van der Waals surface area contributed by atoms with Crippen molar-refractivity contribution in [1.29, 1.82) is 0 Å². The predicted octanol–water partition coefficient (Wildman–Crippen LogP) is 3.09. The summed E-state index contributed by atoms with van der Waals surface area (Å²) in [6.45, 7) is 1.93. The number of carbonyl (C=O) groups excluding carboxylic acids is 2. The lowest BCUT2D eigenvalue weighted by molar-refractivity contribution is -0.136. The molecule has 1 heterocycles. The van der Waals surface area contributed by atoms with Gasteiger partial charge in [0.15, 0.2) is 0 Å². The molecule has 0 saturated heterocycles. The molecular formula is C18H16FN3O2S. The molecule has 0 fully saturated rings. The number of nitrogens with zero attached hydrogens (tertiary/aromatic N) is 1. The summed E-state index contributed by atoms with van der Waals surface area (Å²) in [5.74, 6) is -1.32. The van der Waals surface area contributed by atoms with Crippen LogP contribution in [0.2, 0.25) is 0 Å². The van der Waals surface area contributed by atoms with Gasteiger partial charge in [-0.2, -0.15) is 5.10 Å². The SMILES string of the molecule is Cc1ccc(NC(=O)C(=O)NN=C2CCSc3c(F)cccc32)cc1. The van der Waals surface area contributed by atoms with Crippen LogP contribution in [-0.4, -0.2) is 23.3 Å². The Hall–Kier alpha value is -2.67. The second-order valence-corrected chi connectivity index (χ2v) is 6.64.